The second kappa shape index (κ2) is 9.62. The Labute approximate surface area is 210 Å². The molecule has 3 aromatic carbocycles. The van der Waals surface area contributed by atoms with E-state index < -0.39 is 29.4 Å². The monoisotopic (exact) mass is 528 g/mol. The number of hydrogen-bond acceptors (Lipinski definition) is 5. The van der Waals surface area contributed by atoms with E-state index >= 15 is 0 Å². The molecule has 0 spiro atoms. The van der Waals surface area contributed by atoms with Gasteiger partial charge in [0.05, 0.1) is 11.4 Å². The molecule has 0 atom stereocenters. The molecule has 0 unspecified atom stereocenters. The maximum Gasteiger partial charge on any atom is 0.573 e. The highest BCUT2D eigenvalue weighted by Gasteiger charge is 2.31. The van der Waals surface area contributed by atoms with Crippen LogP contribution in [0.5, 0.6) is 5.75 Å². The minimum atomic E-state index is -4.86. The van der Waals surface area contributed by atoms with Crippen molar-refractivity contribution in [2.45, 2.75) is 11.5 Å². The van der Waals surface area contributed by atoms with Gasteiger partial charge in [0, 0.05) is 16.6 Å². The first-order chi connectivity index (χ1) is 17.7. The van der Waals surface area contributed by atoms with Crippen LogP contribution in [0.4, 0.5) is 23.2 Å². The van der Waals surface area contributed by atoms with E-state index in [-0.39, 0.29) is 27.8 Å². The second-order valence-corrected chi connectivity index (χ2v) is 8.76. The first kappa shape index (κ1) is 24.4. The van der Waals surface area contributed by atoms with Crippen LogP contribution in [0.15, 0.2) is 82.7 Å². The first-order valence-electron chi connectivity index (χ1n) is 10.8. The Kier molecular flexibility index (Phi) is 6.34. The average Bonchev–Trinajstić information content (AvgIpc) is 3.22. The van der Waals surface area contributed by atoms with Crippen LogP contribution in [-0.4, -0.2) is 32.6 Å². The van der Waals surface area contributed by atoms with Gasteiger partial charge >= 0.3 is 6.36 Å². The van der Waals surface area contributed by atoms with Crippen LogP contribution in [-0.2, 0) is 4.79 Å². The highest BCUT2D eigenvalue weighted by molar-refractivity contribution is 7.99. The highest BCUT2D eigenvalue weighted by atomic mass is 32.2. The predicted molar refractivity (Wildman–Crippen MR) is 132 cm³/mol. The van der Waals surface area contributed by atoms with E-state index in [1.54, 1.807) is 24.3 Å². The van der Waals surface area contributed by atoms with Crippen LogP contribution < -0.4 is 15.6 Å². The standard InChI is InChI=1S/C25H16F4N4O3S/c26-14-4-3-5-15(12-14)30-20(34)13-37-24-32-21-18-6-1-2-7-19(18)31-22(21)23(35)33(24)16-8-10-17(11-9-16)36-25(27,28)29/h1-12,31H,13H2,(H,30,34). The summed E-state index contributed by atoms with van der Waals surface area (Å²) in [6.07, 6.45) is -4.86. The van der Waals surface area contributed by atoms with Gasteiger partial charge in [-0.1, -0.05) is 36.0 Å². The van der Waals surface area contributed by atoms with Crippen molar-refractivity contribution >= 4 is 45.3 Å². The molecule has 0 fully saturated rings. The molecule has 188 valence electrons. The molecule has 5 aromatic rings. The molecule has 0 aliphatic carbocycles. The number of para-hydroxylation sites is 1. The number of halogens is 4. The second-order valence-electron chi connectivity index (χ2n) is 7.82. The molecule has 0 radical (unpaired) electrons. The Balaban J connectivity index is 1.53. The number of anilines is 1. The lowest BCUT2D eigenvalue weighted by Crippen LogP contribution is -2.23. The number of aromatic amines is 1. The van der Waals surface area contributed by atoms with Gasteiger partial charge in [0.2, 0.25) is 5.91 Å². The number of benzene rings is 3. The summed E-state index contributed by atoms with van der Waals surface area (Å²) < 4.78 is 56.3. The number of nitrogens with one attached hydrogen (secondary N) is 2. The zero-order valence-corrected chi connectivity index (χ0v) is 19.5. The van der Waals surface area contributed by atoms with Crippen LogP contribution >= 0.6 is 11.8 Å². The average molecular weight is 528 g/mol. The van der Waals surface area contributed by atoms with E-state index in [4.69, 9.17) is 0 Å². The molecule has 5 rings (SSSR count). The minimum absolute atomic E-state index is 0.140. The lowest BCUT2D eigenvalue weighted by molar-refractivity contribution is -0.274. The number of hydrogen-bond donors (Lipinski definition) is 2. The van der Waals surface area contributed by atoms with E-state index in [1.165, 1.54) is 41.0 Å². The molecule has 2 heterocycles. The Morgan fingerprint density at radius 1 is 1.05 bits per heavy atom. The van der Waals surface area contributed by atoms with Gasteiger partial charge in [-0.25, -0.2) is 9.37 Å². The quantitative estimate of drug-likeness (QED) is 0.169. The number of fused-ring (bicyclic) bond motifs is 3. The third-order valence-electron chi connectivity index (χ3n) is 5.26. The van der Waals surface area contributed by atoms with Crippen molar-refractivity contribution in [1.82, 2.24) is 14.5 Å². The maximum absolute atomic E-state index is 13.5. The van der Waals surface area contributed by atoms with E-state index in [9.17, 15) is 27.2 Å². The van der Waals surface area contributed by atoms with E-state index in [1.807, 2.05) is 0 Å². The van der Waals surface area contributed by atoms with Gasteiger partial charge in [0.1, 0.15) is 22.6 Å². The summed E-state index contributed by atoms with van der Waals surface area (Å²) in [4.78, 5) is 33.7. The summed E-state index contributed by atoms with van der Waals surface area (Å²) in [7, 11) is 0. The van der Waals surface area contributed by atoms with Crippen molar-refractivity contribution in [1.29, 1.82) is 0 Å². The summed E-state index contributed by atoms with van der Waals surface area (Å²) in [6.45, 7) is 0. The number of ether oxygens (including phenoxy) is 1. The van der Waals surface area contributed by atoms with Gasteiger partial charge in [-0.2, -0.15) is 0 Å². The zero-order valence-electron chi connectivity index (χ0n) is 18.7. The molecular weight excluding hydrogens is 512 g/mol. The van der Waals surface area contributed by atoms with Gasteiger partial charge in [-0.15, -0.1) is 13.2 Å². The molecule has 1 amide bonds. The topological polar surface area (TPSA) is 89.0 Å². The normalized spacial score (nSPS) is 11.7. The fourth-order valence-electron chi connectivity index (χ4n) is 3.76. The van der Waals surface area contributed by atoms with Crippen molar-refractivity contribution in [3.8, 4) is 11.4 Å². The van der Waals surface area contributed by atoms with Crippen molar-refractivity contribution < 1.29 is 27.1 Å². The smallest absolute Gasteiger partial charge is 0.406 e. The molecule has 0 aliphatic heterocycles. The van der Waals surface area contributed by atoms with Crippen molar-refractivity contribution in [2.75, 3.05) is 11.1 Å². The molecule has 2 N–H and O–H groups in total. The van der Waals surface area contributed by atoms with Gasteiger partial charge in [0.25, 0.3) is 5.56 Å². The Morgan fingerprint density at radius 3 is 2.54 bits per heavy atom. The lowest BCUT2D eigenvalue weighted by atomic mass is 10.2. The number of aromatic nitrogens is 3. The molecule has 0 bridgehead atoms. The number of amides is 1. The summed E-state index contributed by atoms with van der Waals surface area (Å²) in [5.41, 5.74) is 1.25. The van der Waals surface area contributed by atoms with E-state index in [2.05, 4.69) is 20.0 Å². The highest BCUT2D eigenvalue weighted by Crippen LogP contribution is 2.28. The SMILES string of the molecule is O=C(CSc1nc2c([nH]c3ccccc32)c(=O)n1-c1ccc(OC(F)(F)F)cc1)Nc1cccc(F)c1. The predicted octanol–water partition coefficient (Wildman–Crippen LogP) is 5.64. The van der Waals surface area contributed by atoms with Crippen LogP contribution in [0.2, 0.25) is 0 Å². The number of carbonyl (C=O) groups excluding carboxylic acids is 1. The zero-order chi connectivity index (χ0) is 26.2. The molecule has 0 aliphatic rings. The van der Waals surface area contributed by atoms with Crippen LogP contribution in [0.3, 0.4) is 0 Å². The summed E-state index contributed by atoms with van der Waals surface area (Å²) in [5.74, 6) is -1.60. The summed E-state index contributed by atoms with van der Waals surface area (Å²) in [5, 5.41) is 3.41. The van der Waals surface area contributed by atoms with E-state index in [0.29, 0.717) is 16.4 Å². The Morgan fingerprint density at radius 2 is 1.81 bits per heavy atom. The third kappa shape index (κ3) is 5.28. The number of H-pyrrole nitrogens is 1. The largest absolute Gasteiger partial charge is 0.573 e. The minimum Gasteiger partial charge on any atom is -0.406 e. The van der Waals surface area contributed by atoms with Crippen molar-refractivity contribution in [3.05, 3.63) is 89.0 Å². The van der Waals surface area contributed by atoms with Gasteiger partial charge in [-0.3, -0.25) is 14.2 Å². The molecule has 12 heteroatoms. The maximum atomic E-state index is 13.5. The molecule has 37 heavy (non-hydrogen) atoms. The van der Waals surface area contributed by atoms with Gasteiger partial charge in [-0.05, 0) is 48.5 Å². The van der Waals surface area contributed by atoms with Crippen LogP contribution in [0, 0.1) is 5.82 Å². The number of carbonyl (C=O) groups is 1. The molecule has 2 aromatic heterocycles. The number of thioether (sulfide) groups is 1. The van der Waals surface area contributed by atoms with Crippen LogP contribution in [0.25, 0.3) is 27.6 Å². The van der Waals surface area contributed by atoms with E-state index in [0.717, 1.165) is 23.9 Å². The molecule has 7 nitrogen and oxygen atoms in total. The van der Waals surface area contributed by atoms with Crippen molar-refractivity contribution in [3.63, 3.8) is 0 Å². The van der Waals surface area contributed by atoms with Gasteiger partial charge in [0.15, 0.2) is 5.16 Å². The number of alkyl halides is 3. The van der Waals surface area contributed by atoms with Crippen LogP contribution in [0.1, 0.15) is 0 Å². The number of nitrogens with zero attached hydrogens (tertiary/aromatic N) is 2. The molecular formula is C25H16F4N4O3S. The Bertz CT molecular complexity index is 1680. The molecule has 0 saturated heterocycles. The first-order valence-corrected chi connectivity index (χ1v) is 11.7. The van der Waals surface area contributed by atoms with Gasteiger partial charge < -0.3 is 15.0 Å². The Hall–Kier alpha value is -4.32. The fraction of sp³-hybridized carbons (Fsp3) is 0.0800. The third-order valence-corrected chi connectivity index (χ3v) is 6.20. The summed E-state index contributed by atoms with van der Waals surface area (Å²) >= 11 is 0.950. The van der Waals surface area contributed by atoms with Crippen molar-refractivity contribution in [2.24, 2.45) is 0 Å². The number of rotatable bonds is 6. The molecule has 0 saturated carbocycles. The summed E-state index contributed by atoms with van der Waals surface area (Å²) in [6, 6.07) is 17.3. The fourth-order valence-corrected chi connectivity index (χ4v) is 4.56. The lowest BCUT2D eigenvalue weighted by Gasteiger charge is -2.13.